The van der Waals surface area contributed by atoms with Crippen LogP contribution >= 0.6 is 11.8 Å². The number of hydrogen-bond donors (Lipinski definition) is 0. The van der Waals surface area contributed by atoms with Gasteiger partial charge in [-0.3, -0.25) is 4.79 Å². The van der Waals surface area contributed by atoms with Crippen LogP contribution in [0.1, 0.15) is 11.1 Å². The lowest BCUT2D eigenvalue weighted by molar-refractivity contribution is -0.113. The Morgan fingerprint density at radius 1 is 0.895 bits per heavy atom. The number of thioether (sulfide) groups is 1. The highest BCUT2D eigenvalue weighted by Gasteiger charge is 2.22. The highest BCUT2D eigenvalue weighted by Crippen LogP contribution is 2.31. The zero-order valence-electron chi connectivity index (χ0n) is 10.1. The van der Waals surface area contributed by atoms with Crippen LogP contribution in [-0.4, -0.2) is 11.0 Å². The predicted molar refractivity (Wildman–Crippen MR) is 80.0 cm³/mol. The second-order valence-corrected chi connectivity index (χ2v) is 5.14. The lowest BCUT2D eigenvalue weighted by atomic mass is 10.2. The van der Waals surface area contributed by atoms with Gasteiger partial charge in [-0.1, -0.05) is 72.4 Å². The molecular formula is C16H11NOS. The summed E-state index contributed by atoms with van der Waals surface area (Å²) in [7, 11) is 0. The second kappa shape index (κ2) is 5.24. The molecule has 2 aromatic rings. The van der Waals surface area contributed by atoms with Crippen molar-refractivity contribution in [1.29, 1.82) is 0 Å². The van der Waals surface area contributed by atoms with Crippen LogP contribution < -0.4 is 0 Å². The van der Waals surface area contributed by atoms with Crippen molar-refractivity contribution in [2.75, 3.05) is 0 Å². The predicted octanol–water partition coefficient (Wildman–Crippen LogP) is 3.75. The molecule has 1 aliphatic rings. The minimum Gasteiger partial charge on any atom is -0.266 e. The number of carbonyl (C=O) groups excluding carboxylic acids is 1. The molecule has 0 unspecified atom stereocenters. The van der Waals surface area contributed by atoms with E-state index in [1.807, 2.05) is 66.7 Å². The largest absolute Gasteiger partial charge is 0.284 e. The van der Waals surface area contributed by atoms with Gasteiger partial charge in [0.15, 0.2) is 0 Å². The van der Waals surface area contributed by atoms with E-state index in [0.29, 0.717) is 4.91 Å². The molecule has 92 valence electrons. The van der Waals surface area contributed by atoms with E-state index in [-0.39, 0.29) is 5.91 Å². The fraction of sp³-hybridized carbons (Fsp3) is 0. The summed E-state index contributed by atoms with van der Waals surface area (Å²) in [4.78, 5) is 16.7. The maximum Gasteiger partial charge on any atom is 0.284 e. The van der Waals surface area contributed by atoms with Crippen LogP contribution in [0.25, 0.3) is 6.08 Å². The molecule has 2 aromatic carbocycles. The Kier molecular flexibility index (Phi) is 3.29. The van der Waals surface area contributed by atoms with Gasteiger partial charge in [0.2, 0.25) is 0 Å². The van der Waals surface area contributed by atoms with Crippen LogP contribution in [0.3, 0.4) is 0 Å². The normalized spacial score (nSPS) is 16.7. The third kappa shape index (κ3) is 2.66. The summed E-state index contributed by atoms with van der Waals surface area (Å²) in [6.07, 6.45) is 1.88. The third-order valence-electron chi connectivity index (χ3n) is 2.74. The maximum absolute atomic E-state index is 11.9. The first kappa shape index (κ1) is 11.9. The molecule has 1 heterocycles. The number of hydrogen-bond acceptors (Lipinski definition) is 2. The molecule has 0 atom stereocenters. The van der Waals surface area contributed by atoms with Gasteiger partial charge in [-0.15, -0.1) is 0 Å². The molecule has 0 saturated heterocycles. The molecule has 2 nitrogen and oxygen atoms in total. The van der Waals surface area contributed by atoms with Crippen molar-refractivity contribution in [3.05, 3.63) is 76.7 Å². The van der Waals surface area contributed by atoms with Crippen LogP contribution in [0.15, 0.2) is 70.6 Å². The summed E-state index contributed by atoms with van der Waals surface area (Å²) in [6.45, 7) is 0. The van der Waals surface area contributed by atoms with Gasteiger partial charge >= 0.3 is 0 Å². The molecule has 3 rings (SSSR count). The van der Waals surface area contributed by atoms with Crippen molar-refractivity contribution < 1.29 is 4.79 Å². The summed E-state index contributed by atoms with van der Waals surface area (Å²) in [5.74, 6) is -0.160. The van der Waals surface area contributed by atoms with E-state index < -0.39 is 0 Å². The van der Waals surface area contributed by atoms with E-state index in [1.165, 1.54) is 11.8 Å². The van der Waals surface area contributed by atoms with Crippen LogP contribution in [0, 0.1) is 0 Å². The number of amides is 1. The van der Waals surface area contributed by atoms with Gasteiger partial charge in [-0.25, -0.2) is 4.99 Å². The maximum atomic E-state index is 11.9. The quantitative estimate of drug-likeness (QED) is 0.774. The standard InChI is InChI=1S/C16H11NOS/c18-15-14(11-12-7-3-1-4-8-12)19-16(17-15)13-9-5-2-6-10-13/h1-11H/b14-11-. The topological polar surface area (TPSA) is 29.4 Å². The van der Waals surface area contributed by atoms with E-state index in [1.54, 1.807) is 0 Å². The average molecular weight is 265 g/mol. The fourth-order valence-corrected chi connectivity index (χ4v) is 2.73. The van der Waals surface area contributed by atoms with E-state index in [2.05, 4.69) is 4.99 Å². The summed E-state index contributed by atoms with van der Waals surface area (Å²) in [5.41, 5.74) is 2.00. The Bertz CT molecular complexity index is 660. The van der Waals surface area contributed by atoms with Crippen LogP contribution in [-0.2, 0) is 4.79 Å². The van der Waals surface area contributed by atoms with Crippen molar-refractivity contribution in [3.63, 3.8) is 0 Å². The minimum atomic E-state index is -0.160. The number of carbonyl (C=O) groups is 1. The molecule has 0 bridgehead atoms. The van der Waals surface area contributed by atoms with Gasteiger partial charge in [-0.2, -0.15) is 0 Å². The van der Waals surface area contributed by atoms with Crippen LogP contribution in [0.4, 0.5) is 0 Å². The van der Waals surface area contributed by atoms with Crippen molar-refractivity contribution in [2.45, 2.75) is 0 Å². The van der Waals surface area contributed by atoms with E-state index in [0.717, 1.165) is 16.2 Å². The molecule has 0 spiro atoms. The van der Waals surface area contributed by atoms with Crippen LogP contribution in [0.5, 0.6) is 0 Å². The van der Waals surface area contributed by atoms with Gasteiger partial charge in [0.05, 0.1) is 4.91 Å². The zero-order chi connectivity index (χ0) is 13.1. The molecule has 0 aromatic heterocycles. The minimum absolute atomic E-state index is 0.160. The van der Waals surface area contributed by atoms with E-state index in [9.17, 15) is 4.79 Å². The van der Waals surface area contributed by atoms with Crippen molar-refractivity contribution in [3.8, 4) is 0 Å². The average Bonchev–Trinajstić information content (AvgIpc) is 2.82. The van der Waals surface area contributed by atoms with Gasteiger partial charge in [0.25, 0.3) is 5.91 Å². The van der Waals surface area contributed by atoms with Crippen molar-refractivity contribution in [2.24, 2.45) is 4.99 Å². The monoisotopic (exact) mass is 265 g/mol. The Hall–Kier alpha value is -2.13. The molecule has 0 saturated carbocycles. The fourth-order valence-electron chi connectivity index (χ4n) is 1.81. The number of nitrogens with zero attached hydrogens (tertiary/aromatic N) is 1. The van der Waals surface area contributed by atoms with Gasteiger partial charge in [-0.05, 0) is 11.6 Å². The Balaban J connectivity index is 1.87. The van der Waals surface area contributed by atoms with Crippen molar-refractivity contribution >= 4 is 28.8 Å². The summed E-state index contributed by atoms with van der Waals surface area (Å²) >= 11 is 1.43. The van der Waals surface area contributed by atoms with Gasteiger partial charge < -0.3 is 0 Å². The Morgan fingerprint density at radius 3 is 2.21 bits per heavy atom. The molecule has 19 heavy (non-hydrogen) atoms. The molecule has 0 radical (unpaired) electrons. The van der Waals surface area contributed by atoms with E-state index in [4.69, 9.17) is 0 Å². The van der Waals surface area contributed by atoms with Crippen molar-refractivity contribution in [1.82, 2.24) is 0 Å². The lowest BCUT2D eigenvalue weighted by Crippen LogP contribution is -1.89. The molecule has 1 aliphatic heterocycles. The number of rotatable bonds is 2. The molecule has 1 amide bonds. The molecule has 0 N–H and O–H groups in total. The summed E-state index contributed by atoms with van der Waals surface area (Å²) in [6, 6.07) is 19.6. The smallest absolute Gasteiger partial charge is 0.266 e. The summed E-state index contributed by atoms with van der Waals surface area (Å²) < 4.78 is 0. The first-order valence-corrected chi connectivity index (χ1v) is 6.77. The molecule has 0 fully saturated rings. The van der Waals surface area contributed by atoms with Gasteiger partial charge in [0.1, 0.15) is 5.04 Å². The number of aliphatic imine (C=N–C) groups is 1. The molecule has 0 aliphatic carbocycles. The number of benzene rings is 2. The Morgan fingerprint density at radius 2 is 1.53 bits per heavy atom. The molecular weight excluding hydrogens is 254 g/mol. The third-order valence-corrected chi connectivity index (χ3v) is 3.77. The zero-order valence-corrected chi connectivity index (χ0v) is 10.9. The first-order chi connectivity index (χ1) is 9.33. The van der Waals surface area contributed by atoms with Crippen LogP contribution in [0.2, 0.25) is 0 Å². The Labute approximate surface area is 115 Å². The highest BCUT2D eigenvalue weighted by molar-refractivity contribution is 8.19. The van der Waals surface area contributed by atoms with Gasteiger partial charge in [0, 0.05) is 5.56 Å². The second-order valence-electron chi connectivity index (χ2n) is 4.11. The summed E-state index contributed by atoms with van der Waals surface area (Å²) in [5, 5.41) is 0.771. The highest BCUT2D eigenvalue weighted by atomic mass is 32.2. The first-order valence-electron chi connectivity index (χ1n) is 5.96. The van der Waals surface area contributed by atoms with E-state index >= 15 is 0 Å². The molecule has 3 heteroatoms. The SMILES string of the molecule is O=C1N=C(c2ccccc2)S/C1=C\c1ccccc1. The lowest BCUT2D eigenvalue weighted by Gasteiger charge is -1.98.